The van der Waals surface area contributed by atoms with Crippen LogP contribution < -0.4 is 5.32 Å². The molecule has 0 bridgehead atoms. The Morgan fingerprint density at radius 3 is 2.85 bits per heavy atom. The van der Waals surface area contributed by atoms with Crippen molar-refractivity contribution >= 4 is 5.91 Å². The molecule has 0 radical (unpaired) electrons. The van der Waals surface area contributed by atoms with E-state index in [1.807, 2.05) is 0 Å². The van der Waals surface area contributed by atoms with Crippen LogP contribution in [-0.4, -0.2) is 54.3 Å². The van der Waals surface area contributed by atoms with Gasteiger partial charge in [-0.1, -0.05) is 0 Å². The van der Waals surface area contributed by atoms with Crippen molar-refractivity contribution in [3.05, 3.63) is 18.2 Å². The van der Waals surface area contributed by atoms with Crippen molar-refractivity contribution in [2.75, 3.05) is 26.9 Å². The molecule has 1 saturated heterocycles. The molecule has 0 saturated carbocycles. The van der Waals surface area contributed by atoms with E-state index in [1.165, 1.54) is 19.5 Å². The molecule has 0 aromatic carbocycles. The quantitative estimate of drug-likeness (QED) is 0.847. The molecule has 1 aliphatic rings. The summed E-state index contributed by atoms with van der Waals surface area (Å²) in [5.74, 6) is -3.86. The third kappa shape index (κ3) is 2.80. The summed E-state index contributed by atoms with van der Waals surface area (Å²) < 4.78 is 38.8. The van der Waals surface area contributed by atoms with Gasteiger partial charge in [-0.25, -0.2) is 13.8 Å². The highest BCUT2D eigenvalue weighted by Crippen LogP contribution is 2.39. The predicted molar refractivity (Wildman–Crippen MR) is 65.7 cm³/mol. The summed E-state index contributed by atoms with van der Waals surface area (Å²) in [4.78, 5) is 17.9. The van der Waals surface area contributed by atoms with E-state index in [0.29, 0.717) is 0 Å². The van der Waals surface area contributed by atoms with Gasteiger partial charge in [0.15, 0.2) is 5.82 Å². The molecule has 1 amide bonds. The number of carbonyl (C=O) groups excluding carboxylic acids is 1. The third-order valence-electron chi connectivity index (χ3n) is 3.54. The third-order valence-corrected chi connectivity index (χ3v) is 3.54. The Bertz CT molecular complexity index is 445. The maximum Gasteiger partial charge on any atom is 0.293 e. The maximum absolute atomic E-state index is 14.3. The van der Waals surface area contributed by atoms with Crippen LogP contribution in [0.2, 0.25) is 0 Å². The number of methoxy groups -OCH3 is 1. The first-order valence-corrected chi connectivity index (χ1v) is 6.29. The lowest BCUT2D eigenvalue weighted by atomic mass is 9.87. The Kier molecular flexibility index (Phi) is 4.34. The number of halogens is 2. The lowest BCUT2D eigenvalue weighted by Crippen LogP contribution is -2.58. The van der Waals surface area contributed by atoms with Gasteiger partial charge >= 0.3 is 0 Å². The summed E-state index contributed by atoms with van der Waals surface area (Å²) in [6, 6.07) is 0. The molecule has 1 fully saturated rings. The van der Waals surface area contributed by atoms with E-state index >= 15 is 0 Å². The van der Waals surface area contributed by atoms with E-state index in [2.05, 4.69) is 15.3 Å². The average molecular weight is 289 g/mol. The molecular weight excluding hydrogens is 272 g/mol. The summed E-state index contributed by atoms with van der Waals surface area (Å²) in [5, 5.41) is 2.18. The van der Waals surface area contributed by atoms with E-state index in [0.717, 1.165) is 0 Å². The topological polar surface area (TPSA) is 76.2 Å². The number of aromatic nitrogens is 2. The molecule has 1 aromatic heterocycles. The second-order valence-electron chi connectivity index (χ2n) is 4.64. The lowest BCUT2D eigenvalue weighted by Gasteiger charge is -2.41. The fourth-order valence-electron chi connectivity index (χ4n) is 2.25. The first-order valence-electron chi connectivity index (χ1n) is 6.29. The summed E-state index contributed by atoms with van der Waals surface area (Å²) in [5.41, 5.74) is -1.60. The first kappa shape index (κ1) is 14.9. The number of aromatic amines is 1. The molecule has 0 aliphatic carbocycles. The molecule has 1 aliphatic heterocycles. The largest absolute Gasteiger partial charge is 0.381 e. The number of imidazole rings is 1. The summed E-state index contributed by atoms with van der Waals surface area (Å²) in [7, 11) is 1.26. The molecule has 0 spiro atoms. The van der Waals surface area contributed by atoms with Crippen molar-refractivity contribution in [1.82, 2.24) is 15.3 Å². The molecule has 6 nitrogen and oxygen atoms in total. The van der Waals surface area contributed by atoms with Crippen LogP contribution in [0.3, 0.4) is 0 Å². The highest BCUT2D eigenvalue weighted by atomic mass is 19.3. The van der Waals surface area contributed by atoms with E-state index < -0.39 is 24.0 Å². The van der Waals surface area contributed by atoms with Crippen LogP contribution in [0.4, 0.5) is 8.78 Å². The number of nitrogens with one attached hydrogen (secondary N) is 2. The summed E-state index contributed by atoms with van der Waals surface area (Å²) in [6.07, 6.45) is 3.00. The minimum Gasteiger partial charge on any atom is -0.381 e. The second-order valence-corrected chi connectivity index (χ2v) is 4.64. The SMILES string of the molecule is COC1(C(F)(F)CNC(=O)c2ncc[nH]2)CCOCC1. The molecule has 112 valence electrons. The van der Waals surface area contributed by atoms with Crippen LogP contribution in [-0.2, 0) is 9.47 Å². The van der Waals surface area contributed by atoms with Crippen LogP contribution in [0.5, 0.6) is 0 Å². The zero-order chi connectivity index (χ0) is 14.6. The number of rotatable bonds is 5. The first-order chi connectivity index (χ1) is 9.51. The van der Waals surface area contributed by atoms with Crippen LogP contribution in [0.15, 0.2) is 12.4 Å². The van der Waals surface area contributed by atoms with Gasteiger partial charge in [0, 0.05) is 45.6 Å². The second kappa shape index (κ2) is 5.84. The average Bonchev–Trinajstić information content (AvgIpc) is 2.99. The maximum atomic E-state index is 14.3. The molecule has 8 heteroatoms. The minimum absolute atomic E-state index is 0.000700. The lowest BCUT2D eigenvalue weighted by molar-refractivity contribution is -0.223. The number of hydrogen-bond acceptors (Lipinski definition) is 4. The fourth-order valence-corrected chi connectivity index (χ4v) is 2.25. The standard InChI is InChI=1S/C12H17F2N3O3/c1-19-11(2-6-20-7-3-11)12(13,14)8-17-10(18)9-15-4-5-16-9/h4-5H,2-3,6-8H2,1H3,(H,15,16)(H,17,18). The number of amides is 1. The van der Waals surface area contributed by atoms with E-state index in [-0.39, 0.29) is 31.9 Å². The number of H-pyrrole nitrogens is 1. The minimum atomic E-state index is -3.19. The number of alkyl halides is 2. The van der Waals surface area contributed by atoms with Gasteiger partial charge in [0.1, 0.15) is 5.60 Å². The van der Waals surface area contributed by atoms with Crippen molar-refractivity contribution in [2.24, 2.45) is 0 Å². The van der Waals surface area contributed by atoms with Crippen molar-refractivity contribution in [1.29, 1.82) is 0 Å². The zero-order valence-corrected chi connectivity index (χ0v) is 11.1. The predicted octanol–water partition coefficient (Wildman–Crippen LogP) is 0.970. The highest BCUT2D eigenvalue weighted by Gasteiger charge is 2.54. The van der Waals surface area contributed by atoms with Crippen LogP contribution in [0.1, 0.15) is 23.5 Å². The normalized spacial score (nSPS) is 18.8. The summed E-state index contributed by atoms with van der Waals surface area (Å²) in [6.45, 7) is -0.370. The van der Waals surface area contributed by atoms with Gasteiger partial charge in [0.25, 0.3) is 11.8 Å². The van der Waals surface area contributed by atoms with Gasteiger partial charge < -0.3 is 19.8 Å². The Balaban J connectivity index is 2.00. The number of ether oxygens (including phenoxy) is 2. The molecule has 0 unspecified atom stereocenters. The molecular formula is C12H17F2N3O3. The van der Waals surface area contributed by atoms with Crippen LogP contribution >= 0.6 is 0 Å². The molecule has 2 rings (SSSR count). The molecule has 0 atom stereocenters. The van der Waals surface area contributed by atoms with Gasteiger partial charge in [-0.2, -0.15) is 0 Å². The van der Waals surface area contributed by atoms with Crippen molar-refractivity contribution in [3.8, 4) is 0 Å². The van der Waals surface area contributed by atoms with Gasteiger partial charge in [-0.15, -0.1) is 0 Å². The van der Waals surface area contributed by atoms with Crippen LogP contribution in [0.25, 0.3) is 0 Å². The van der Waals surface area contributed by atoms with E-state index in [4.69, 9.17) is 9.47 Å². The van der Waals surface area contributed by atoms with E-state index in [9.17, 15) is 13.6 Å². The van der Waals surface area contributed by atoms with Crippen molar-refractivity contribution in [3.63, 3.8) is 0 Å². The molecule has 2 N–H and O–H groups in total. The fraction of sp³-hybridized carbons (Fsp3) is 0.667. The smallest absolute Gasteiger partial charge is 0.293 e. The summed E-state index contributed by atoms with van der Waals surface area (Å²) >= 11 is 0. The molecule has 1 aromatic rings. The molecule has 2 heterocycles. The van der Waals surface area contributed by atoms with Gasteiger partial charge in [0.05, 0.1) is 6.54 Å². The Morgan fingerprint density at radius 2 is 2.30 bits per heavy atom. The van der Waals surface area contributed by atoms with Gasteiger partial charge in [0.2, 0.25) is 0 Å². The number of carbonyl (C=O) groups is 1. The number of hydrogen-bond donors (Lipinski definition) is 2. The van der Waals surface area contributed by atoms with Gasteiger partial charge in [-0.05, 0) is 0 Å². The molecule has 20 heavy (non-hydrogen) atoms. The Labute approximate surface area is 114 Å². The Hall–Kier alpha value is -1.54. The van der Waals surface area contributed by atoms with Crippen molar-refractivity contribution in [2.45, 2.75) is 24.4 Å². The van der Waals surface area contributed by atoms with Crippen molar-refractivity contribution < 1.29 is 23.0 Å². The van der Waals surface area contributed by atoms with Crippen LogP contribution in [0, 0.1) is 0 Å². The van der Waals surface area contributed by atoms with E-state index in [1.54, 1.807) is 0 Å². The highest BCUT2D eigenvalue weighted by molar-refractivity contribution is 5.90. The van der Waals surface area contributed by atoms with Gasteiger partial charge in [-0.3, -0.25) is 4.79 Å². The number of nitrogens with zero attached hydrogens (tertiary/aromatic N) is 1. The monoisotopic (exact) mass is 289 g/mol. The Morgan fingerprint density at radius 1 is 1.60 bits per heavy atom. The zero-order valence-electron chi connectivity index (χ0n) is 11.1.